The maximum Gasteiger partial charge on any atom is 0.326 e. The van der Waals surface area contributed by atoms with Gasteiger partial charge < -0.3 is 121 Å². The van der Waals surface area contributed by atoms with Crippen molar-refractivity contribution in [2.75, 3.05) is 0 Å². The molecule has 0 aliphatic heterocycles. The average Bonchev–Trinajstić information content (AvgIpc) is 0.840. The van der Waals surface area contributed by atoms with Gasteiger partial charge in [-0.1, -0.05) is 81.4 Å². The van der Waals surface area contributed by atoms with E-state index in [1.807, 2.05) is 5.32 Å². The Morgan fingerprint density at radius 3 is 0.947 bits per heavy atom. The van der Waals surface area contributed by atoms with E-state index in [0.29, 0.717) is 0 Å². The summed E-state index contributed by atoms with van der Waals surface area (Å²) in [6, 6.07) is -20.3. The predicted octanol–water partition coefficient (Wildman–Crippen LogP) is -5.60. The van der Waals surface area contributed by atoms with Crippen molar-refractivity contribution in [3.8, 4) is 5.75 Å². The summed E-state index contributed by atoms with van der Waals surface area (Å²) in [5, 5.41) is 110. The molecule has 0 aliphatic rings. The van der Waals surface area contributed by atoms with Gasteiger partial charge in [0.15, 0.2) is 0 Å². The van der Waals surface area contributed by atoms with E-state index in [9.17, 15) is 132 Å². The predicted molar refractivity (Wildman–Crippen MR) is 392 cm³/mol. The summed E-state index contributed by atoms with van der Waals surface area (Å²) >= 11 is 0. The number of aliphatic hydroxyl groups is 1. The van der Waals surface area contributed by atoms with Gasteiger partial charge in [-0.2, -0.15) is 0 Å². The monoisotopic (exact) mass is 1610 g/mol. The Morgan fingerprint density at radius 2 is 0.584 bits per heavy atom. The number of nitrogens with one attached hydrogen (secondary N) is 14. The molecular weight excluding hydrogens is 1500 g/mol. The molecule has 24 N–H and O–H groups in total. The van der Waals surface area contributed by atoms with Gasteiger partial charge in [0.1, 0.15) is 90.3 Å². The molecule has 0 radical (unpaired) electrons. The van der Waals surface area contributed by atoms with Crippen LogP contribution in [0.1, 0.15) is 154 Å². The summed E-state index contributed by atoms with van der Waals surface area (Å²) in [5.41, 5.74) is 5.85. The largest absolute Gasteiger partial charge is 0.508 e. The third kappa shape index (κ3) is 36.4. The number of phenols is 1. The van der Waals surface area contributed by atoms with Gasteiger partial charge in [-0.05, 0) is 94.2 Å². The maximum absolute atomic E-state index is 14.3. The van der Waals surface area contributed by atoms with Crippen molar-refractivity contribution in [1.82, 2.24) is 74.4 Å². The molecule has 0 saturated carbocycles. The van der Waals surface area contributed by atoms with Crippen LogP contribution in [0.2, 0.25) is 0 Å². The lowest BCUT2D eigenvalue weighted by atomic mass is 9.98. The van der Waals surface area contributed by atoms with Crippen molar-refractivity contribution in [3.05, 3.63) is 29.8 Å². The smallest absolute Gasteiger partial charge is 0.326 e. The van der Waals surface area contributed by atoms with Crippen LogP contribution in [0.25, 0.3) is 0 Å². The van der Waals surface area contributed by atoms with Crippen LogP contribution >= 0.6 is 0 Å². The fourth-order valence-corrected chi connectivity index (χ4v) is 10.5. The highest BCUT2D eigenvalue weighted by Crippen LogP contribution is 2.17. The molecule has 43 nitrogen and oxygen atoms in total. The van der Waals surface area contributed by atoms with Gasteiger partial charge in [-0.3, -0.25) is 91.1 Å². The van der Waals surface area contributed by atoms with Crippen LogP contribution in [0.5, 0.6) is 5.75 Å². The van der Waals surface area contributed by atoms with E-state index in [-0.39, 0.29) is 36.0 Å². The van der Waals surface area contributed by atoms with E-state index < -0.39 is 278 Å². The summed E-state index contributed by atoms with van der Waals surface area (Å²) in [5.74, 6) is -29.1. The van der Waals surface area contributed by atoms with Crippen LogP contribution in [-0.4, -0.2) is 256 Å². The maximum atomic E-state index is 14.3. The van der Waals surface area contributed by atoms with Crippen molar-refractivity contribution < 1.29 is 137 Å². The summed E-state index contributed by atoms with van der Waals surface area (Å²) in [6.45, 7) is 20.2. The molecule has 1 rings (SSSR count). The summed E-state index contributed by atoms with van der Waals surface area (Å²) in [7, 11) is 0. The second-order valence-corrected chi connectivity index (χ2v) is 28.9. The number of carbonyl (C=O) groups excluding carboxylic acids is 14. The molecule has 632 valence electrons. The first kappa shape index (κ1) is 99.3. The van der Waals surface area contributed by atoms with Crippen LogP contribution in [0.15, 0.2) is 24.3 Å². The molecule has 0 spiro atoms. The van der Waals surface area contributed by atoms with Gasteiger partial charge in [-0.25, -0.2) is 4.79 Å². The van der Waals surface area contributed by atoms with Crippen molar-refractivity contribution in [1.29, 1.82) is 0 Å². The van der Waals surface area contributed by atoms with E-state index in [1.54, 1.807) is 33.0 Å². The number of amides is 14. The molecule has 0 unspecified atom stereocenters. The zero-order chi connectivity index (χ0) is 86.9. The quantitative estimate of drug-likeness (QED) is 0.0289. The topological polar surface area (TPSA) is 698 Å². The van der Waals surface area contributed by atoms with E-state index in [1.165, 1.54) is 79.7 Å². The SMILES string of the molecule is CC(C)C[C@H](NC(=O)[C@H](CC(=O)O)NC(=O)[C@H](C)N)C(=O)N[C@@H](CC(C)C)C(=O)N[C@@H](CCC(=O)O)C(=O)N[C@H](C(=O)N[C@H](C(=O)N[C@@H](C)C(=O)N[C@@H](C)C(=O)N[C@H](C(=O)N[C@@H](Cc1ccc(O)cc1)C(=O)N[C@H](C(=O)N[C@@H](CC(=O)O)C(=O)N[C@@H](CC(=O)O)C(=O)N[C@@H](CC(=O)O)C(=O)O)C(C)C)[C@@H](C)O)C(C)C)C(C)C. The highest BCUT2D eigenvalue weighted by molar-refractivity contribution is 6.02. The summed E-state index contributed by atoms with van der Waals surface area (Å²) < 4.78 is 0. The number of carboxylic acid groups (broad SMARTS) is 6. The van der Waals surface area contributed by atoms with Gasteiger partial charge in [-0.15, -0.1) is 0 Å². The first-order valence-electron chi connectivity index (χ1n) is 36.1. The Labute approximate surface area is 649 Å². The molecule has 0 aromatic heterocycles. The minimum atomic E-state index is -2.19. The standard InChI is InChI=1S/C70H109N15O28/c1-28(2)21-40(76-61(103)41(22-29(3)4)77-62(104)43(24-48(90)91)75-56(98)33(11)71)60(102)74-39(19-20-47(88)89)59(101)82-54(32(9)10)68(110)84-52(30(5)6)66(108)73-34(12)57(99)72-35(13)58(100)85-55(36(14)86)69(111)79-42(23-37-15-17-38(87)18-16-37)65(107)83-53(31(7)8)67(109)80-45(26-50(94)95)63(105)78-44(25-49(92)93)64(106)81-46(70(112)113)27-51(96)97/h15-18,28-36,39-46,52-55,86-87H,19-27,71H2,1-14H3,(H,72,99)(H,73,108)(H,74,102)(H,75,98)(H,76,103)(H,77,104)(H,78,105)(H,79,111)(H,80,109)(H,81,106)(H,82,101)(H,83,107)(H,84,110)(H,85,100)(H,88,89)(H,90,91)(H,92,93)(H,94,95)(H,96,97)(H,112,113)/t33-,34-,35-,36+,39-,40-,41-,42-,43-,44-,45-,46-,52-,53-,54-,55-/m0/s1. The van der Waals surface area contributed by atoms with Gasteiger partial charge in [0.05, 0.1) is 37.8 Å². The Hall–Kier alpha value is -11.7. The molecule has 16 atom stereocenters. The fraction of sp³-hybridized carbons (Fsp3) is 0.629. The lowest BCUT2D eigenvalue weighted by Gasteiger charge is -2.30. The molecule has 1 aromatic carbocycles. The zero-order valence-electron chi connectivity index (χ0n) is 65.1. The van der Waals surface area contributed by atoms with Crippen LogP contribution in [-0.2, 0) is 102 Å². The highest BCUT2D eigenvalue weighted by atomic mass is 16.4. The third-order valence-corrected chi connectivity index (χ3v) is 16.7. The number of aromatic hydroxyl groups is 1. The molecule has 0 fully saturated rings. The molecule has 0 saturated heterocycles. The van der Waals surface area contributed by atoms with Gasteiger partial charge in [0.2, 0.25) is 82.7 Å². The number of benzene rings is 1. The third-order valence-electron chi connectivity index (χ3n) is 16.7. The second kappa shape index (κ2) is 47.5. The number of phenolic OH excluding ortho intramolecular Hbond substituents is 1. The summed E-state index contributed by atoms with van der Waals surface area (Å²) in [4.78, 5) is 263. The molecule has 1 aromatic rings. The second-order valence-electron chi connectivity index (χ2n) is 28.9. The van der Waals surface area contributed by atoms with Crippen molar-refractivity contribution in [2.45, 2.75) is 251 Å². The number of carbonyl (C=O) groups is 20. The van der Waals surface area contributed by atoms with E-state index in [2.05, 4.69) is 63.8 Å². The molecule has 113 heavy (non-hydrogen) atoms. The minimum Gasteiger partial charge on any atom is -0.508 e. The number of nitrogens with two attached hydrogens (primary N) is 1. The Bertz CT molecular complexity index is 3590. The van der Waals surface area contributed by atoms with E-state index in [0.717, 1.165) is 13.8 Å². The van der Waals surface area contributed by atoms with Gasteiger partial charge >= 0.3 is 35.8 Å². The summed E-state index contributed by atoms with van der Waals surface area (Å²) in [6.07, 6.45) is -8.27. The number of hydrogen-bond donors (Lipinski definition) is 23. The molecule has 0 heterocycles. The fourth-order valence-electron chi connectivity index (χ4n) is 10.5. The average molecular weight is 1610 g/mol. The van der Waals surface area contributed by atoms with Crippen LogP contribution in [0, 0.1) is 29.6 Å². The number of rotatable bonds is 50. The molecule has 0 bridgehead atoms. The van der Waals surface area contributed by atoms with E-state index >= 15 is 0 Å². The molecule has 14 amide bonds. The first-order valence-corrected chi connectivity index (χ1v) is 36.1. The minimum absolute atomic E-state index is 0.0612. The lowest BCUT2D eigenvalue weighted by Crippen LogP contribution is -2.62. The van der Waals surface area contributed by atoms with Gasteiger partial charge in [0.25, 0.3) is 0 Å². The van der Waals surface area contributed by atoms with Crippen molar-refractivity contribution >= 4 is 119 Å². The van der Waals surface area contributed by atoms with Crippen molar-refractivity contribution in [2.24, 2.45) is 35.3 Å². The van der Waals surface area contributed by atoms with Crippen LogP contribution in [0.3, 0.4) is 0 Å². The Morgan fingerprint density at radius 1 is 0.310 bits per heavy atom. The highest BCUT2D eigenvalue weighted by Gasteiger charge is 2.41. The van der Waals surface area contributed by atoms with E-state index in [4.69, 9.17) is 10.8 Å². The van der Waals surface area contributed by atoms with Crippen LogP contribution < -0.4 is 80.2 Å². The Balaban J connectivity index is 3.46. The molecule has 43 heteroatoms. The molecule has 0 aliphatic carbocycles. The molecular formula is C70H109N15O28. The number of aliphatic carboxylic acids is 6. The van der Waals surface area contributed by atoms with Gasteiger partial charge in [0, 0.05) is 12.8 Å². The first-order chi connectivity index (χ1) is 52.3. The normalized spacial score (nSPS) is 15.5. The van der Waals surface area contributed by atoms with Crippen LogP contribution in [0.4, 0.5) is 0 Å². The number of carboxylic acids is 6. The Kier molecular flexibility index (Phi) is 41.8. The lowest BCUT2D eigenvalue weighted by molar-refractivity contribution is -0.148. The van der Waals surface area contributed by atoms with Crippen molar-refractivity contribution in [3.63, 3.8) is 0 Å². The number of aliphatic hydroxyl groups excluding tert-OH is 1. The number of hydrogen-bond acceptors (Lipinski definition) is 23. The zero-order valence-corrected chi connectivity index (χ0v) is 65.1.